The number of ether oxygens (including phenoxy) is 2. The van der Waals surface area contributed by atoms with E-state index in [1.54, 1.807) is 14.2 Å². The molecule has 0 aliphatic carbocycles. The Morgan fingerprint density at radius 3 is 2.88 bits per heavy atom. The molecule has 0 radical (unpaired) electrons. The fourth-order valence-electron chi connectivity index (χ4n) is 2.10. The first-order valence-corrected chi connectivity index (χ1v) is 5.98. The van der Waals surface area contributed by atoms with Crippen LogP contribution in [0.5, 0.6) is 11.5 Å². The summed E-state index contributed by atoms with van der Waals surface area (Å²) in [5.74, 6) is 1.77. The molecule has 1 fully saturated rings. The van der Waals surface area contributed by atoms with Crippen molar-refractivity contribution in [3.05, 3.63) is 23.8 Å². The highest BCUT2D eigenvalue weighted by molar-refractivity contribution is 5.40. The molecule has 1 aliphatic heterocycles. The Morgan fingerprint density at radius 2 is 2.24 bits per heavy atom. The Bertz CT molecular complexity index is 362. The third-order valence-corrected chi connectivity index (χ3v) is 3.13. The minimum absolute atomic E-state index is 0.561. The van der Waals surface area contributed by atoms with Crippen molar-refractivity contribution >= 4 is 0 Å². The van der Waals surface area contributed by atoms with Crippen molar-refractivity contribution in [3.8, 4) is 11.5 Å². The largest absolute Gasteiger partial charge is 0.497 e. The van der Waals surface area contributed by atoms with Gasteiger partial charge in [0.15, 0.2) is 0 Å². The summed E-state index contributed by atoms with van der Waals surface area (Å²) >= 11 is 0. The number of nitrogens with one attached hydrogen (secondary N) is 2. The quantitative estimate of drug-likeness (QED) is 0.805. The summed E-state index contributed by atoms with van der Waals surface area (Å²) in [6.07, 6.45) is 1.19. The molecule has 4 heteroatoms. The Balaban J connectivity index is 2.01. The molecule has 17 heavy (non-hydrogen) atoms. The summed E-state index contributed by atoms with van der Waals surface area (Å²) < 4.78 is 10.6. The third kappa shape index (κ3) is 3.11. The van der Waals surface area contributed by atoms with E-state index >= 15 is 0 Å². The van der Waals surface area contributed by atoms with Crippen molar-refractivity contribution in [1.82, 2.24) is 10.6 Å². The Labute approximate surface area is 102 Å². The smallest absolute Gasteiger partial charge is 0.123 e. The van der Waals surface area contributed by atoms with Gasteiger partial charge in [0.2, 0.25) is 0 Å². The van der Waals surface area contributed by atoms with Crippen LogP contribution in [0.3, 0.4) is 0 Å². The van der Waals surface area contributed by atoms with Crippen molar-refractivity contribution in [1.29, 1.82) is 0 Å². The van der Waals surface area contributed by atoms with Gasteiger partial charge in [0.25, 0.3) is 0 Å². The molecule has 1 saturated heterocycles. The molecular formula is C13H20N2O2. The van der Waals surface area contributed by atoms with Gasteiger partial charge in [-0.25, -0.2) is 0 Å². The number of hydrogen-bond acceptors (Lipinski definition) is 4. The average Bonchev–Trinajstić information content (AvgIpc) is 2.89. The van der Waals surface area contributed by atoms with Gasteiger partial charge < -0.3 is 20.1 Å². The predicted octanol–water partition coefficient (Wildman–Crippen LogP) is 1.16. The molecule has 4 nitrogen and oxygen atoms in total. The van der Waals surface area contributed by atoms with Crippen molar-refractivity contribution in [2.75, 3.05) is 27.3 Å². The molecule has 1 heterocycles. The Kier molecular flexibility index (Phi) is 4.23. The predicted molar refractivity (Wildman–Crippen MR) is 67.7 cm³/mol. The lowest BCUT2D eigenvalue weighted by Crippen LogP contribution is -2.30. The molecule has 0 saturated carbocycles. The van der Waals surface area contributed by atoms with E-state index in [-0.39, 0.29) is 0 Å². The summed E-state index contributed by atoms with van der Waals surface area (Å²) in [7, 11) is 3.38. The van der Waals surface area contributed by atoms with Crippen LogP contribution < -0.4 is 20.1 Å². The molecule has 2 rings (SSSR count). The maximum atomic E-state index is 5.35. The highest BCUT2D eigenvalue weighted by Crippen LogP contribution is 2.23. The highest BCUT2D eigenvalue weighted by atomic mass is 16.5. The van der Waals surface area contributed by atoms with Gasteiger partial charge in [-0.2, -0.15) is 0 Å². The molecule has 1 unspecified atom stereocenters. The molecule has 0 bridgehead atoms. The second-order valence-electron chi connectivity index (χ2n) is 4.25. The van der Waals surface area contributed by atoms with Gasteiger partial charge in [0.05, 0.1) is 14.2 Å². The maximum Gasteiger partial charge on any atom is 0.123 e. The molecule has 94 valence electrons. The molecule has 1 aromatic rings. The molecule has 1 aromatic carbocycles. The van der Waals surface area contributed by atoms with Crippen LogP contribution in [0.4, 0.5) is 0 Å². The van der Waals surface area contributed by atoms with E-state index in [9.17, 15) is 0 Å². The summed E-state index contributed by atoms with van der Waals surface area (Å²) in [5, 5.41) is 6.87. The zero-order valence-corrected chi connectivity index (χ0v) is 10.5. The molecule has 1 aliphatic rings. The van der Waals surface area contributed by atoms with Gasteiger partial charge in [0, 0.05) is 24.7 Å². The van der Waals surface area contributed by atoms with E-state index in [0.717, 1.165) is 36.7 Å². The number of hydrogen-bond donors (Lipinski definition) is 2. The summed E-state index contributed by atoms with van der Waals surface area (Å²) in [6, 6.07) is 6.45. The molecule has 0 spiro atoms. The fraction of sp³-hybridized carbons (Fsp3) is 0.538. The fourth-order valence-corrected chi connectivity index (χ4v) is 2.10. The second kappa shape index (κ2) is 5.89. The first-order valence-electron chi connectivity index (χ1n) is 5.98. The van der Waals surface area contributed by atoms with Gasteiger partial charge in [-0.3, -0.25) is 0 Å². The molecule has 1 atom stereocenters. The summed E-state index contributed by atoms with van der Waals surface area (Å²) in [6.45, 7) is 2.96. The Hall–Kier alpha value is -1.26. The van der Waals surface area contributed by atoms with Crippen LogP contribution in [0, 0.1) is 0 Å². The van der Waals surface area contributed by atoms with Crippen molar-refractivity contribution in [2.45, 2.75) is 19.0 Å². The van der Waals surface area contributed by atoms with E-state index in [2.05, 4.69) is 10.6 Å². The lowest BCUT2D eigenvalue weighted by molar-refractivity contribution is 0.395. The minimum Gasteiger partial charge on any atom is -0.497 e. The standard InChI is InChI=1S/C13H20N2O2/c1-16-12-3-4-13(17-2)10(7-12)8-15-11-5-6-14-9-11/h3-4,7,11,14-15H,5-6,8-9H2,1-2H3. The number of rotatable bonds is 5. The summed E-state index contributed by atoms with van der Waals surface area (Å²) in [5.41, 5.74) is 1.14. The molecule has 2 N–H and O–H groups in total. The normalized spacial score (nSPS) is 19.3. The van der Waals surface area contributed by atoms with Crippen LogP contribution in [-0.4, -0.2) is 33.4 Å². The zero-order chi connectivity index (χ0) is 12.1. The monoisotopic (exact) mass is 236 g/mol. The van der Waals surface area contributed by atoms with Gasteiger partial charge in [0.1, 0.15) is 11.5 Å². The highest BCUT2D eigenvalue weighted by Gasteiger charge is 2.14. The van der Waals surface area contributed by atoms with Crippen LogP contribution in [0.1, 0.15) is 12.0 Å². The number of benzene rings is 1. The third-order valence-electron chi connectivity index (χ3n) is 3.13. The van der Waals surface area contributed by atoms with Gasteiger partial charge >= 0.3 is 0 Å². The second-order valence-corrected chi connectivity index (χ2v) is 4.25. The number of methoxy groups -OCH3 is 2. The van der Waals surface area contributed by atoms with Crippen molar-refractivity contribution in [3.63, 3.8) is 0 Å². The van der Waals surface area contributed by atoms with Crippen LogP contribution in [0.2, 0.25) is 0 Å². The lowest BCUT2D eigenvalue weighted by Gasteiger charge is -2.14. The van der Waals surface area contributed by atoms with Gasteiger partial charge in [-0.1, -0.05) is 0 Å². The minimum atomic E-state index is 0.561. The van der Waals surface area contributed by atoms with Crippen LogP contribution in [-0.2, 0) is 6.54 Å². The Morgan fingerprint density at radius 1 is 1.35 bits per heavy atom. The van der Waals surface area contributed by atoms with Crippen LogP contribution >= 0.6 is 0 Å². The SMILES string of the molecule is COc1ccc(OC)c(CNC2CCNC2)c1. The summed E-state index contributed by atoms with van der Waals surface area (Å²) in [4.78, 5) is 0. The van der Waals surface area contributed by atoms with E-state index in [1.165, 1.54) is 6.42 Å². The topological polar surface area (TPSA) is 42.5 Å². The molecule has 0 aromatic heterocycles. The van der Waals surface area contributed by atoms with E-state index in [4.69, 9.17) is 9.47 Å². The molecular weight excluding hydrogens is 216 g/mol. The van der Waals surface area contributed by atoms with E-state index < -0.39 is 0 Å². The van der Waals surface area contributed by atoms with Gasteiger partial charge in [-0.05, 0) is 31.2 Å². The zero-order valence-electron chi connectivity index (χ0n) is 10.5. The first-order chi connectivity index (χ1) is 8.33. The van der Waals surface area contributed by atoms with Crippen molar-refractivity contribution < 1.29 is 9.47 Å². The average molecular weight is 236 g/mol. The lowest BCUT2D eigenvalue weighted by atomic mass is 10.1. The van der Waals surface area contributed by atoms with Crippen LogP contribution in [0.25, 0.3) is 0 Å². The van der Waals surface area contributed by atoms with Crippen molar-refractivity contribution in [2.24, 2.45) is 0 Å². The first kappa shape index (κ1) is 12.2. The van der Waals surface area contributed by atoms with E-state index in [0.29, 0.717) is 6.04 Å². The van der Waals surface area contributed by atoms with Gasteiger partial charge in [-0.15, -0.1) is 0 Å². The van der Waals surface area contributed by atoms with E-state index in [1.807, 2.05) is 18.2 Å². The maximum absolute atomic E-state index is 5.35. The van der Waals surface area contributed by atoms with Crippen LogP contribution in [0.15, 0.2) is 18.2 Å². The molecule has 0 amide bonds.